The maximum absolute atomic E-state index is 13.5. The van der Waals surface area contributed by atoms with Gasteiger partial charge in [0.2, 0.25) is 10.8 Å². The van der Waals surface area contributed by atoms with Crippen LogP contribution in [0.4, 0.5) is 0 Å². The van der Waals surface area contributed by atoms with Gasteiger partial charge in [0.05, 0.1) is 16.8 Å². The first-order valence-electron chi connectivity index (χ1n) is 14.2. The Morgan fingerprint density at radius 3 is 2.49 bits per heavy atom. The number of rotatable bonds is 8. The van der Waals surface area contributed by atoms with Gasteiger partial charge >= 0.3 is 0 Å². The quantitative estimate of drug-likeness (QED) is 0.197. The molecule has 0 fully saturated rings. The van der Waals surface area contributed by atoms with E-state index in [-0.39, 0.29) is 5.56 Å². The third kappa shape index (κ3) is 5.12. The summed E-state index contributed by atoms with van der Waals surface area (Å²) in [5.74, 6) is 2.38. The van der Waals surface area contributed by atoms with E-state index in [1.54, 1.807) is 0 Å². The van der Waals surface area contributed by atoms with Gasteiger partial charge in [-0.3, -0.25) is 4.79 Å². The molecule has 7 aromatic rings. The highest BCUT2D eigenvalue weighted by molar-refractivity contribution is 7.15. The number of benzene rings is 3. The third-order valence-corrected chi connectivity index (χ3v) is 8.33. The monoisotopic (exact) mass is 587 g/mol. The first-order chi connectivity index (χ1) is 20.9. The lowest BCUT2D eigenvalue weighted by Gasteiger charge is -2.08. The van der Waals surface area contributed by atoms with Crippen molar-refractivity contribution >= 4 is 33.3 Å². The van der Waals surface area contributed by atoms with Gasteiger partial charge in [-0.05, 0) is 67.8 Å². The molecule has 0 spiro atoms. The Labute approximate surface area is 251 Å². The lowest BCUT2D eigenvalue weighted by molar-refractivity contribution is 0.289. The highest BCUT2D eigenvalue weighted by atomic mass is 32.1. The van der Waals surface area contributed by atoms with Gasteiger partial charge in [0.25, 0.3) is 5.56 Å². The van der Waals surface area contributed by atoms with Crippen LogP contribution in [0.1, 0.15) is 31.4 Å². The summed E-state index contributed by atoms with van der Waals surface area (Å²) in [7, 11) is 0. The summed E-state index contributed by atoms with van der Waals surface area (Å²) in [5, 5.41) is 10.5. The number of furan rings is 1. The second-order valence-corrected chi connectivity index (χ2v) is 11.9. The van der Waals surface area contributed by atoms with Crippen molar-refractivity contribution in [2.45, 2.75) is 27.2 Å². The molecule has 0 atom stereocenters. The molecule has 9 heteroatoms. The number of thiazole rings is 1. The molecular formula is C34H29N5O3S. The molecule has 7 rings (SSSR count). The summed E-state index contributed by atoms with van der Waals surface area (Å²) in [6.45, 7) is 7.02. The molecule has 0 bridgehead atoms. The van der Waals surface area contributed by atoms with Crippen LogP contribution in [0.15, 0.2) is 94.3 Å². The van der Waals surface area contributed by atoms with Crippen molar-refractivity contribution in [3.8, 4) is 34.3 Å². The van der Waals surface area contributed by atoms with Crippen molar-refractivity contribution < 1.29 is 9.15 Å². The molecule has 8 nitrogen and oxygen atoms in total. The number of ether oxygens (including phenoxy) is 1. The molecular weight excluding hydrogens is 558 g/mol. The zero-order valence-electron chi connectivity index (χ0n) is 24.0. The van der Waals surface area contributed by atoms with Crippen LogP contribution in [0.3, 0.4) is 0 Å². The first kappa shape index (κ1) is 26.9. The van der Waals surface area contributed by atoms with Crippen LogP contribution < -0.4 is 14.8 Å². The largest absolute Gasteiger partial charge is 0.494 e. The molecule has 0 aliphatic carbocycles. The highest BCUT2D eigenvalue weighted by Gasteiger charge is 2.19. The third-order valence-electron chi connectivity index (χ3n) is 7.37. The lowest BCUT2D eigenvalue weighted by Crippen LogP contribution is -2.23. The molecule has 0 saturated heterocycles. The number of para-hydroxylation sites is 2. The maximum atomic E-state index is 13.5. The normalized spacial score (nSPS) is 12.2. The Morgan fingerprint density at radius 2 is 1.74 bits per heavy atom. The van der Waals surface area contributed by atoms with E-state index in [2.05, 4.69) is 23.9 Å². The van der Waals surface area contributed by atoms with Crippen molar-refractivity contribution in [3.63, 3.8) is 0 Å². The minimum absolute atomic E-state index is 0.236. The average molecular weight is 588 g/mol. The number of hydrogen-bond donors (Lipinski definition) is 0. The first-order valence-corrected chi connectivity index (χ1v) is 15.0. The van der Waals surface area contributed by atoms with Crippen molar-refractivity contribution in [1.29, 1.82) is 0 Å². The lowest BCUT2D eigenvalue weighted by atomic mass is 10.1. The van der Waals surface area contributed by atoms with Gasteiger partial charge in [-0.1, -0.05) is 61.6 Å². The number of nitrogens with zero attached hydrogens (tertiary/aromatic N) is 5. The van der Waals surface area contributed by atoms with E-state index in [1.165, 1.54) is 15.9 Å². The molecule has 0 unspecified atom stereocenters. The van der Waals surface area contributed by atoms with Gasteiger partial charge < -0.3 is 9.15 Å². The summed E-state index contributed by atoms with van der Waals surface area (Å²) >= 11 is 1.29. The topological polar surface area (TPSA) is 87.5 Å². The minimum Gasteiger partial charge on any atom is -0.494 e. The summed E-state index contributed by atoms with van der Waals surface area (Å²) in [6, 6.07) is 25.7. The number of fused-ring (bicyclic) bond motifs is 2. The van der Waals surface area contributed by atoms with Gasteiger partial charge in [0, 0.05) is 28.3 Å². The Kier molecular flexibility index (Phi) is 6.87. The van der Waals surface area contributed by atoms with Crippen LogP contribution in [0.5, 0.6) is 5.75 Å². The van der Waals surface area contributed by atoms with Crippen LogP contribution in [-0.4, -0.2) is 31.0 Å². The number of hydrogen-bond acceptors (Lipinski definition) is 7. The van der Waals surface area contributed by atoms with Crippen LogP contribution in [0.25, 0.3) is 50.5 Å². The van der Waals surface area contributed by atoms with Crippen LogP contribution in [-0.2, 0) is 0 Å². The molecule has 0 amide bonds. The van der Waals surface area contributed by atoms with Crippen molar-refractivity contribution in [2.24, 2.45) is 5.92 Å². The van der Waals surface area contributed by atoms with E-state index in [0.717, 1.165) is 51.2 Å². The van der Waals surface area contributed by atoms with E-state index >= 15 is 0 Å². The van der Waals surface area contributed by atoms with E-state index in [1.807, 2.05) is 103 Å². The molecule has 3 aromatic carbocycles. The molecule has 0 aliphatic heterocycles. The van der Waals surface area contributed by atoms with E-state index < -0.39 is 0 Å². The standard InChI is InChI=1S/C34H29N5O3S/c1-21(2)17-18-41-26-15-13-23(14-16-26)30-24(20-38(36-30)25-9-5-4-6-10-25)19-29-33(40)39-34(43-29)35-32(37-39)31-22(3)27-11-7-8-12-28(27)42-31/h4-16,19-21H,17-18H2,1-3H3. The van der Waals surface area contributed by atoms with Crippen LogP contribution >= 0.6 is 11.3 Å². The molecule has 43 heavy (non-hydrogen) atoms. The smallest absolute Gasteiger partial charge is 0.291 e. The van der Waals surface area contributed by atoms with Crippen LogP contribution in [0.2, 0.25) is 0 Å². The fraction of sp³-hybridized carbons (Fsp3) is 0.176. The van der Waals surface area contributed by atoms with Crippen molar-refractivity contribution in [3.05, 3.63) is 111 Å². The Morgan fingerprint density at radius 1 is 0.977 bits per heavy atom. The summed E-state index contributed by atoms with van der Waals surface area (Å²) in [4.78, 5) is 18.7. The van der Waals surface area contributed by atoms with E-state index in [9.17, 15) is 4.79 Å². The van der Waals surface area contributed by atoms with Gasteiger partial charge in [-0.15, -0.1) is 5.10 Å². The number of aryl methyl sites for hydroxylation is 1. The Bertz CT molecular complexity index is 2170. The molecule has 4 aromatic heterocycles. The molecule has 4 heterocycles. The van der Waals surface area contributed by atoms with Gasteiger partial charge in [0.1, 0.15) is 17.0 Å². The Balaban J connectivity index is 1.27. The molecule has 0 radical (unpaired) electrons. The zero-order valence-corrected chi connectivity index (χ0v) is 24.8. The van der Waals surface area contributed by atoms with E-state index in [4.69, 9.17) is 14.3 Å². The Hall–Kier alpha value is -5.02. The zero-order chi connectivity index (χ0) is 29.5. The highest BCUT2D eigenvalue weighted by Crippen LogP contribution is 2.31. The van der Waals surface area contributed by atoms with E-state index in [0.29, 0.717) is 33.6 Å². The minimum atomic E-state index is -0.236. The predicted molar refractivity (Wildman–Crippen MR) is 170 cm³/mol. The maximum Gasteiger partial charge on any atom is 0.291 e. The molecule has 0 N–H and O–H groups in total. The number of aromatic nitrogens is 5. The predicted octanol–water partition coefficient (Wildman–Crippen LogP) is 6.70. The van der Waals surface area contributed by atoms with Gasteiger partial charge in [0.15, 0.2) is 5.76 Å². The van der Waals surface area contributed by atoms with Crippen LogP contribution in [0, 0.1) is 12.8 Å². The fourth-order valence-electron chi connectivity index (χ4n) is 5.01. The average Bonchev–Trinajstić information content (AvgIpc) is 3.78. The fourth-order valence-corrected chi connectivity index (χ4v) is 5.91. The van der Waals surface area contributed by atoms with Gasteiger partial charge in [-0.25, -0.2) is 4.68 Å². The molecule has 0 saturated carbocycles. The second-order valence-electron chi connectivity index (χ2n) is 10.9. The SMILES string of the molecule is Cc1c(-c2nc3sc(=Cc4cn(-c5ccccc5)nc4-c4ccc(OCCC(C)C)cc4)c(=O)n3n2)oc2ccccc12. The summed E-state index contributed by atoms with van der Waals surface area (Å²) in [6.07, 6.45) is 4.80. The van der Waals surface area contributed by atoms with Crippen molar-refractivity contribution in [2.75, 3.05) is 6.61 Å². The van der Waals surface area contributed by atoms with Crippen molar-refractivity contribution in [1.82, 2.24) is 24.4 Å². The second kappa shape index (κ2) is 11.0. The molecule has 0 aliphatic rings. The van der Waals surface area contributed by atoms with Gasteiger partial charge in [-0.2, -0.15) is 14.6 Å². The molecule has 214 valence electrons. The summed E-state index contributed by atoms with van der Waals surface area (Å²) in [5.41, 5.74) is 4.89. The summed E-state index contributed by atoms with van der Waals surface area (Å²) < 4.78 is 15.7.